The van der Waals surface area contributed by atoms with Crippen molar-refractivity contribution in [3.8, 4) is 5.69 Å². The third-order valence-corrected chi connectivity index (χ3v) is 6.09. The molecule has 0 saturated heterocycles. The molecule has 2 amide bonds. The van der Waals surface area contributed by atoms with Crippen molar-refractivity contribution < 1.29 is 22.4 Å². The first-order valence-electron chi connectivity index (χ1n) is 9.71. The van der Waals surface area contributed by atoms with E-state index in [1.807, 2.05) is 0 Å². The topological polar surface area (TPSA) is 149 Å². The van der Waals surface area contributed by atoms with Crippen molar-refractivity contribution in [3.05, 3.63) is 96.2 Å². The van der Waals surface area contributed by atoms with E-state index in [-0.39, 0.29) is 17.1 Å². The molecule has 0 aliphatic rings. The molecular weight excluding hydrogens is 446 g/mol. The molecule has 0 fully saturated rings. The van der Waals surface area contributed by atoms with Gasteiger partial charge in [-0.05, 0) is 66.7 Å². The van der Waals surface area contributed by atoms with Gasteiger partial charge in [-0.15, -0.1) is 0 Å². The van der Waals surface area contributed by atoms with Gasteiger partial charge in [0.25, 0.3) is 11.8 Å². The average Bonchev–Trinajstić information content (AvgIpc) is 3.51. The van der Waals surface area contributed by atoms with Gasteiger partial charge in [0.15, 0.2) is 0 Å². The van der Waals surface area contributed by atoms with Crippen molar-refractivity contribution in [2.75, 3.05) is 5.32 Å². The normalized spacial score (nSPS) is 11.3. The third-order valence-electron chi connectivity index (χ3n) is 4.67. The third kappa shape index (κ3) is 5.17. The highest BCUT2D eigenvalue weighted by Crippen LogP contribution is 2.16. The van der Waals surface area contributed by atoms with Gasteiger partial charge in [-0.2, -0.15) is 5.10 Å². The summed E-state index contributed by atoms with van der Waals surface area (Å²) in [4.78, 5) is 23.7. The van der Waals surface area contributed by atoms with E-state index in [9.17, 15) is 18.0 Å². The lowest BCUT2D eigenvalue weighted by atomic mass is 10.2. The van der Waals surface area contributed by atoms with Crippen LogP contribution in [0.4, 0.5) is 5.69 Å². The molecule has 10 nitrogen and oxygen atoms in total. The van der Waals surface area contributed by atoms with E-state index in [2.05, 4.69) is 15.1 Å². The zero-order valence-corrected chi connectivity index (χ0v) is 18.0. The molecule has 0 saturated carbocycles. The maximum absolute atomic E-state index is 12.5. The summed E-state index contributed by atoms with van der Waals surface area (Å²) in [6.07, 6.45) is 3.06. The van der Waals surface area contributed by atoms with Crippen molar-refractivity contribution >= 4 is 27.5 Å². The molecule has 0 spiro atoms. The van der Waals surface area contributed by atoms with Crippen LogP contribution in [0.3, 0.4) is 0 Å². The quantitative estimate of drug-likeness (QED) is 0.363. The highest BCUT2D eigenvalue weighted by atomic mass is 32.2. The van der Waals surface area contributed by atoms with Gasteiger partial charge < -0.3 is 15.5 Å². The lowest BCUT2D eigenvalue weighted by molar-refractivity contribution is 0.0993. The Morgan fingerprint density at radius 1 is 1.00 bits per heavy atom. The van der Waals surface area contributed by atoms with E-state index in [0.29, 0.717) is 22.7 Å². The van der Waals surface area contributed by atoms with Crippen LogP contribution < -0.4 is 15.8 Å². The number of nitrogens with zero attached hydrogens (tertiary/aromatic N) is 2. The molecule has 2 aromatic carbocycles. The maximum atomic E-state index is 12.5. The molecule has 0 aliphatic heterocycles. The summed E-state index contributed by atoms with van der Waals surface area (Å²) in [6.45, 7) is 0.0237. The number of hydrogen-bond acceptors (Lipinski definition) is 6. The Labute approximate surface area is 189 Å². The predicted molar refractivity (Wildman–Crippen MR) is 119 cm³/mol. The second-order valence-corrected chi connectivity index (χ2v) is 8.71. The van der Waals surface area contributed by atoms with Crippen LogP contribution in [0, 0.1) is 0 Å². The van der Waals surface area contributed by atoms with E-state index in [1.165, 1.54) is 41.3 Å². The molecule has 168 valence electrons. The summed E-state index contributed by atoms with van der Waals surface area (Å²) in [7, 11) is -3.75. The SMILES string of the molecule is NC(=O)c1ccn(-c2ccc(NC(=O)c3ccc(S(=O)(=O)NCc4ccco4)cc3)cc2)n1. The van der Waals surface area contributed by atoms with Crippen molar-refractivity contribution in [2.24, 2.45) is 5.73 Å². The zero-order chi connectivity index (χ0) is 23.4. The second-order valence-electron chi connectivity index (χ2n) is 6.94. The maximum Gasteiger partial charge on any atom is 0.269 e. The van der Waals surface area contributed by atoms with Crippen molar-refractivity contribution in [1.82, 2.24) is 14.5 Å². The number of rotatable bonds is 8. The Morgan fingerprint density at radius 2 is 1.73 bits per heavy atom. The fourth-order valence-electron chi connectivity index (χ4n) is 2.95. The minimum absolute atomic E-state index is 0.0237. The fraction of sp³-hybridized carbons (Fsp3) is 0.0455. The number of furan rings is 1. The molecule has 4 aromatic rings. The van der Waals surface area contributed by atoms with Gasteiger partial charge in [0.2, 0.25) is 10.0 Å². The Balaban J connectivity index is 1.39. The van der Waals surface area contributed by atoms with Crippen LogP contribution in [0.2, 0.25) is 0 Å². The molecule has 0 atom stereocenters. The largest absolute Gasteiger partial charge is 0.468 e. The summed E-state index contributed by atoms with van der Waals surface area (Å²) in [6, 6.07) is 17.2. The number of nitrogens with two attached hydrogens (primary N) is 1. The lowest BCUT2D eigenvalue weighted by Gasteiger charge is -2.08. The number of nitrogens with one attached hydrogen (secondary N) is 2. The monoisotopic (exact) mass is 465 g/mol. The molecule has 4 N–H and O–H groups in total. The molecular formula is C22H19N5O5S. The first-order valence-corrected chi connectivity index (χ1v) is 11.2. The van der Waals surface area contributed by atoms with Gasteiger partial charge >= 0.3 is 0 Å². The van der Waals surface area contributed by atoms with Crippen LogP contribution in [0.25, 0.3) is 5.69 Å². The Hall–Kier alpha value is -4.22. The van der Waals surface area contributed by atoms with Crippen LogP contribution in [-0.2, 0) is 16.6 Å². The van der Waals surface area contributed by atoms with Gasteiger partial charge in [0.1, 0.15) is 11.5 Å². The fourth-order valence-corrected chi connectivity index (χ4v) is 3.94. The number of carbonyl (C=O) groups excluding carboxylic acids is 2. The van der Waals surface area contributed by atoms with Crippen LogP contribution in [0.1, 0.15) is 26.6 Å². The van der Waals surface area contributed by atoms with E-state index < -0.39 is 21.8 Å². The number of anilines is 1. The minimum Gasteiger partial charge on any atom is -0.468 e. The number of primary amides is 1. The molecule has 2 aromatic heterocycles. The molecule has 11 heteroatoms. The average molecular weight is 465 g/mol. The molecule has 0 unspecified atom stereocenters. The van der Waals surface area contributed by atoms with E-state index in [0.717, 1.165) is 0 Å². The van der Waals surface area contributed by atoms with Crippen LogP contribution in [0.5, 0.6) is 0 Å². The van der Waals surface area contributed by atoms with Crippen molar-refractivity contribution in [2.45, 2.75) is 11.4 Å². The van der Waals surface area contributed by atoms with Crippen molar-refractivity contribution in [3.63, 3.8) is 0 Å². The van der Waals surface area contributed by atoms with Crippen molar-refractivity contribution in [1.29, 1.82) is 0 Å². The molecule has 0 bridgehead atoms. The molecule has 0 aliphatic carbocycles. The van der Waals surface area contributed by atoms with Gasteiger partial charge in [-0.1, -0.05) is 0 Å². The highest BCUT2D eigenvalue weighted by Gasteiger charge is 2.16. The summed E-state index contributed by atoms with van der Waals surface area (Å²) < 4.78 is 33.8. The molecule has 2 heterocycles. The summed E-state index contributed by atoms with van der Waals surface area (Å²) in [5.41, 5.74) is 6.85. The Morgan fingerprint density at radius 3 is 2.33 bits per heavy atom. The van der Waals surface area contributed by atoms with Crippen LogP contribution in [-0.4, -0.2) is 30.0 Å². The van der Waals surface area contributed by atoms with Crippen LogP contribution >= 0.6 is 0 Å². The van der Waals surface area contributed by atoms with Crippen LogP contribution in [0.15, 0.2) is 88.5 Å². The number of amides is 2. The Bertz CT molecular complexity index is 1380. The predicted octanol–water partition coefficient (Wildman–Crippen LogP) is 2.29. The van der Waals surface area contributed by atoms with E-state index in [1.54, 1.807) is 42.6 Å². The highest BCUT2D eigenvalue weighted by molar-refractivity contribution is 7.89. The number of sulfonamides is 1. The zero-order valence-electron chi connectivity index (χ0n) is 17.1. The summed E-state index contributed by atoms with van der Waals surface area (Å²) in [5.74, 6) is -0.531. The van der Waals surface area contributed by atoms with Gasteiger partial charge in [0, 0.05) is 17.4 Å². The van der Waals surface area contributed by atoms with E-state index >= 15 is 0 Å². The lowest BCUT2D eigenvalue weighted by Crippen LogP contribution is -2.23. The van der Waals surface area contributed by atoms with Gasteiger partial charge in [-0.3, -0.25) is 9.59 Å². The number of hydrogen-bond donors (Lipinski definition) is 3. The molecule has 4 rings (SSSR count). The summed E-state index contributed by atoms with van der Waals surface area (Å²) >= 11 is 0. The smallest absolute Gasteiger partial charge is 0.269 e. The first-order chi connectivity index (χ1) is 15.8. The standard InChI is InChI=1S/C22H19N5O5S/c23-21(28)20-11-12-27(26-20)17-7-5-16(6-8-17)25-22(29)15-3-9-19(10-4-15)33(30,31)24-14-18-2-1-13-32-18/h1-13,24H,14H2,(H2,23,28)(H,25,29). The first kappa shape index (κ1) is 22.0. The number of carbonyl (C=O) groups is 2. The molecule has 33 heavy (non-hydrogen) atoms. The minimum atomic E-state index is -3.75. The Kier molecular flexibility index (Phi) is 6.07. The van der Waals surface area contributed by atoms with Gasteiger partial charge in [0.05, 0.1) is 23.4 Å². The number of benzene rings is 2. The molecule has 0 radical (unpaired) electrons. The van der Waals surface area contributed by atoms with E-state index in [4.69, 9.17) is 10.2 Å². The second kappa shape index (κ2) is 9.10. The number of aromatic nitrogens is 2. The van der Waals surface area contributed by atoms with Gasteiger partial charge in [-0.25, -0.2) is 17.8 Å². The summed E-state index contributed by atoms with van der Waals surface area (Å²) in [5, 5.41) is 6.81.